The van der Waals surface area contributed by atoms with Gasteiger partial charge >= 0.3 is 6.03 Å². The van der Waals surface area contributed by atoms with Gasteiger partial charge in [-0.25, -0.2) is 14.8 Å². The van der Waals surface area contributed by atoms with Crippen LogP contribution in [0.2, 0.25) is 0 Å². The summed E-state index contributed by atoms with van der Waals surface area (Å²) < 4.78 is 0. The van der Waals surface area contributed by atoms with E-state index in [2.05, 4.69) is 40.1 Å². The molecule has 8 nitrogen and oxygen atoms in total. The zero-order chi connectivity index (χ0) is 21.3. The van der Waals surface area contributed by atoms with E-state index in [1.807, 2.05) is 18.0 Å². The third kappa shape index (κ3) is 3.81. The highest BCUT2D eigenvalue weighted by Gasteiger charge is 2.30. The second-order valence-corrected chi connectivity index (χ2v) is 7.93. The Kier molecular flexibility index (Phi) is 5.57. The number of carbonyl (C=O) groups excluding carboxylic acids is 2. The van der Waals surface area contributed by atoms with Crippen molar-refractivity contribution < 1.29 is 9.59 Å². The third-order valence-corrected chi connectivity index (χ3v) is 5.83. The molecule has 2 saturated heterocycles. The van der Waals surface area contributed by atoms with Crippen molar-refractivity contribution in [2.45, 2.75) is 33.2 Å². The zero-order valence-corrected chi connectivity index (χ0v) is 17.8. The van der Waals surface area contributed by atoms with Crippen molar-refractivity contribution in [3.63, 3.8) is 0 Å². The summed E-state index contributed by atoms with van der Waals surface area (Å²) in [5, 5.41) is 2.80. The molecule has 2 aromatic rings. The van der Waals surface area contributed by atoms with Gasteiger partial charge in [-0.15, -0.1) is 0 Å². The highest BCUT2D eigenvalue weighted by Crippen LogP contribution is 2.22. The maximum atomic E-state index is 12.9. The van der Waals surface area contributed by atoms with Gasteiger partial charge in [-0.05, 0) is 43.5 Å². The fourth-order valence-corrected chi connectivity index (χ4v) is 4.05. The summed E-state index contributed by atoms with van der Waals surface area (Å²) in [6, 6.07) is 5.58. The average molecular weight is 409 g/mol. The summed E-state index contributed by atoms with van der Waals surface area (Å²) in [5.74, 6) is 1.54. The molecule has 2 fully saturated rings. The molecule has 2 aliphatic rings. The fourth-order valence-electron chi connectivity index (χ4n) is 4.05. The number of hydrogen-bond acceptors (Lipinski definition) is 5. The minimum Gasteiger partial charge on any atom is -0.353 e. The van der Waals surface area contributed by atoms with Gasteiger partial charge < -0.3 is 15.1 Å². The molecular formula is C22H28N6O2. The largest absolute Gasteiger partial charge is 0.353 e. The van der Waals surface area contributed by atoms with Crippen molar-refractivity contribution in [3.8, 4) is 0 Å². The normalized spacial score (nSPS) is 19.2. The van der Waals surface area contributed by atoms with E-state index >= 15 is 0 Å². The van der Waals surface area contributed by atoms with Crippen LogP contribution in [0.1, 0.15) is 35.3 Å². The molecule has 3 amide bonds. The van der Waals surface area contributed by atoms with Crippen LogP contribution in [0.4, 0.5) is 16.4 Å². The molecule has 30 heavy (non-hydrogen) atoms. The summed E-state index contributed by atoms with van der Waals surface area (Å²) >= 11 is 0. The quantitative estimate of drug-likeness (QED) is 0.839. The summed E-state index contributed by atoms with van der Waals surface area (Å²) in [6.07, 6.45) is 4.48. The highest BCUT2D eigenvalue weighted by atomic mass is 16.2. The van der Waals surface area contributed by atoms with Crippen LogP contribution in [0, 0.1) is 6.92 Å². The van der Waals surface area contributed by atoms with Crippen LogP contribution in [0.15, 0.2) is 30.6 Å². The molecule has 1 unspecified atom stereocenters. The number of aromatic nitrogens is 2. The van der Waals surface area contributed by atoms with Gasteiger partial charge in [0.15, 0.2) is 0 Å². The Morgan fingerprint density at radius 1 is 1.17 bits per heavy atom. The maximum Gasteiger partial charge on any atom is 0.323 e. The number of hydrogen-bond donors (Lipinski definition) is 1. The number of amides is 3. The van der Waals surface area contributed by atoms with Gasteiger partial charge in [-0.1, -0.05) is 13.0 Å². The molecular weight excluding hydrogens is 380 g/mol. The molecule has 0 saturated carbocycles. The van der Waals surface area contributed by atoms with Crippen LogP contribution in [-0.4, -0.2) is 65.6 Å². The molecule has 1 atom stereocenters. The number of piperazine rings is 1. The van der Waals surface area contributed by atoms with E-state index in [1.54, 1.807) is 23.2 Å². The van der Waals surface area contributed by atoms with E-state index in [9.17, 15) is 9.59 Å². The molecule has 2 aliphatic heterocycles. The summed E-state index contributed by atoms with van der Waals surface area (Å²) in [4.78, 5) is 39.6. The van der Waals surface area contributed by atoms with E-state index < -0.39 is 0 Å². The van der Waals surface area contributed by atoms with Crippen molar-refractivity contribution in [3.05, 3.63) is 47.3 Å². The molecule has 1 N–H and O–H groups in total. The van der Waals surface area contributed by atoms with Gasteiger partial charge in [0.1, 0.15) is 11.6 Å². The lowest BCUT2D eigenvalue weighted by Crippen LogP contribution is -2.49. The summed E-state index contributed by atoms with van der Waals surface area (Å²) in [5.41, 5.74) is 2.96. The lowest BCUT2D eigenvalue weighted by atomic mass is 10.1. The number of nitrogens with one attached hydrogen (secondary N) is 1. The topological polar surface area (TPSA) is 81.7 Å². The van der Waals surface area contributed by atoms with Crippen LogP contribution in [0.25, 0.3) is 0 Å². The number of pyridine rings is 2. The highest BCUT2D eigenvalue weighted by molar-refractivity contribution is 5.96. The molecule has 0 spiro atoms. The number of carbonyl (C=O) groups is 2. The average Bonchev–Trinajstić information content (AvgIpc) is 3.11. The van der Waals surface area contributed by atoms with Crippen molar-refractivity contribution in [2.75, 3.05) is 42.5 Å². The summed E-state index contributed by atoms with van der Waals surface area (Å²) in [7, 11) is 0. The molecule has 0 bridgehead atoms. The molecule has 8 heteroatoms. The Morgan fingerprint density at radius 3 is 2.50 bits per heavy atom. The first-order valence-corrected chi connectivity index (χ1v) is 10.5. The van der Waals surface area contributed by atoms with Gasteiger partial charge in [-0.3, -0.25) is 9.69 Å². The van der Waals surface area contributed by atoms with E-state index in [0.29, 0.717) is 31.0 Å². The fraction of sp³-hybridized carbons (Fsp3) is 0.455. The molecule has 158 valence electrons. The minimum absolute atomic E-state index is 0.0290. The van der Waals surface area contributed by atoms with Crippen LogP contribution < -0.4 is 15.1 Å². The van der Waals surface area contributed by atoms with E-state index in [4.69, 9.17) is 0 Å². The SMILES string of the molecule is CCc1cnc(N2CCN(C(=O)c3ccc(N4C(=O)NCC4C)nc3)CC2)c(C)c1. The molecule has 2 aromatic heterocycles. The first-order valence-electron chi connectivity index (χ1n) is 10.5. The predicted octanol–water partition coefficient (Wildman–Crippen LogP) is 2.23. The summed E-state index contributed by atoms with van der Waals surface area (Å²) in [6.45, 7) is 9.57. The van der Waals surface area contributed by atoms with Gasteiger partial charge in [0, 0.05) is 45.1 Å². The molecule has 0 aliphatic carbocycles. The van der Waals surface area contributed by atoms with Crippen molar-refractivity contribution in [1.82, 2.24) is 20.2 Å². The number of rotatable bonds is 4. The molecule has 0 aromatic carbocycles. The van der Waals surface area contributed by atoms with Gasteiger partial charge in [0.25, 0.3) is 5.91 Å². The van der Waals surface area contributed by atoms with Crippen molar-refractivity contribution in [2.24, 2.45) is 0 Å². The van der Waals surface area contributed by atoms with Gasteiger partial charge in [0.05, 0.1) is 11.6 Å². The van der Waals surface area contributed by atoms with Crippen LogP contribution in [-0.2, 0) is 6.42 Å². The monoisotopic (exact) mass is 408 g/mol. The lowest BCUT2D eigenvalue weighted by Gasteiger charge is -2.36. The number of anilines is 2. The number of aryl methyl sites for hydroxylation is 2. The van der Waals surface area contributed by atoms with E-state index in [1.165, 1.54) is 11.1 Å². The molecule has 0 radical (unpaired) electrons. The van der Waals surface area contributed by atoms with E-state index in [0.717, 1.165) is 25.3 Å². The van der Waals surface area contributed by atoms with Crippen molar-refractivity contribution in [1.29, 1.82) is 0 Å². The Bertz CT molecular complexity index is 937. The standard InChI is InChI=1S/C22H28N6O2/c1-4-17-11-15(2)20(24-13-17)26-7-9-27(10-8-26)21(29)18-5-6-19(23-14-18)28-16(3)12-25-22(28)30/h5-6,11,13-14,16H,4,7-10,12H2,1-3H3,(H,25,30). The third-order valence-electron chi connectivity index (χ3n) is 5.83. The predicted molar refractivity (Wildman–Crippen MR) is 116 cm³/mol. The number of nitrogens with zero attached hydrogens (tertiary/aromatic N) is 5. The smallest absolute Gasteiger partial charge is 0.323 e. The first kappa shape index (κ1) is 20.1. The zero-order valence-electron chi connectivity index (χ0n) is 17.8. The minimum atomic E-state index is -0.152. The van der Waals surface area contributed by atoms with Crippen LogP contribution >= 0.6 is 0 Å². The Labute approximate surface area is 176 Å². The Balaban J connectivity index is 1.39. The van der Waals surface area contributed by atoms with E-state index in [-0.39, 0.29) is 18.0 Å². The van der Waals surface area contributed by atoms with Crippen molar-refractivity contribution >= 4 is 23.6 Å². The van der Waals surface area contributed by atoms with Gasteiger partial charge in [0.2, 0.25) is 0 Å². The number of urea groups is 1. The maximum absolute atomic E-state index is 12.9. The molecule has 4 heterocycles. The van der Waals surface area contributed by atoms with Crippen LogP contribution in [0.3, 0.4) is 0 Å². The first-order chi connectivity index (χ1) is 14.5. The Morgan fingerprint density at radius 2 is 1.93 bits per heavy atom. The van der Waals surface area contributed by atoms with Crippen LogP contribution in [0.5, 0.6) is 0 Å². The lowest BCUT2D eigenvalue weighted by molar-refractivity contribution is 0.0746. The second kappa shape index (κ2) is 8.30. The Hall–Kier alpha value is -3.16. The van der Waals surface area contributed by atoms with Gasteiger partial charge in [-0.2, -0.15) is 0 Å². The molecule has 4 rings (SSSR count). The second-order valence-electron chi connectivity index (χ2n) is 7.93.